The predicted molar refractivity (Wildman–Crippen MR) is 45.4 cm³/mol. The molecule has 11 heavy (non-hydrogen) atoms. The molecular weight excluding hydrogens is 136 g/mol. The van der Waals surface area contributed by atoms with E-state index in [1.54, 1.807) is 12.4 Å². The van der Waals surface area contributed by atoms with Crippen LogP contribution in [0.3, 0.4) is 0 Å². The van der Waals surface area contributed by atoms with Crippen molar-refractivity contribution in [2.75, 3.05) is 0 Å². The monoisotopic (exact) mass is 150 g/mol. The van der Waals surface area contributed by atoms with E-state index in [2.05, 4.69) is 16.9 Å². The zero-order chi connectivity index (χ0) is 8.10. The average Bonchev–Trinajstić information content (AvgIpc) is 2.03. The summed E-state index contributed by atoms with van der Waals surface area (Å²) in [5, 5.41) is 0. The van der Waals surface area contributed by atoms with Crippen LogP contribution in [0.25, 0.3) is 0 Å². The third kappa shape index (κ3) is 2.30. The molecule has 0 radical (unpaired) electrons. The molecule has 0 spiro atoms. The third-order valence-electron chi connectivity index (χ3n) is 1.75. The van der Waals surface area contributed by atoms with Crippen molar-refractivity contribution >= 4 is 0 Å². The Kier molecular flexibility index (Phi) is 3.02. The van der Waals surface area contributed by atoms with Crippen molar-refractivity contribution in [1.29, 1.82) is 0 Å². The van der Waals surface area contributed by atoms with Crippen LogP contribution >= 0.6 is 0 Å². The van der Waals surface area contributed by atoms with E-state index in [0.29, 0.717) is 0 Å². The van der Waals surface area contributed by atoms with E-state index in [1.807, 2.05) is 6.92 Å². The van der Waals surface area contributed by atoms with Crippen LogP contribution in [0.1, 0.15) is 31.2 Å². The normalized spacial score (nSPS) is 10.0. The van der Waals surface area contributed by atoms with Crippen molar-refractivity contribution < 1.29 is 0 Å². The Morgan fingerprint density at radius 1 is 1.27 bits per heavy atom. The Labute approximate surface area is 67.7 Å². The fraction of sp³-hybridized carbons (Fsp3) is 0.556. The maximum Gasteiger partial charge on any atom is 0.0615 e. The first-order chi connectivity index (χ1) is 5.34. The first-order valence-electron chi connectivity index (χ1n) is 4.11. The van der Waals surface area contributed by atoms with Gasteiger partial charge < -0.3 is 0 Å². The lowest BCUT2D eigenvalue weighted by Crippen LogP contribution is -1.95. The molecule has 0 aliphatic rings. The lowest BCUT2D eigenvalue weighted by atomic mass is 10.2. The van der Waals surface area contributed by atoms with Gasteiger partial charge in [-0.25, -0.2) is 0 Å². The standard InChI is InChI=1S/C9H14N2/c1-3-4-5-9-8(2)10-6-7-11-9/h6-7H,3-5H2,1-2H3. The fourth-order valence-electron chi connectivity index (χ4n) is 1.03. The minimum absolute atomic E-state index is 1.07. The van der Waals surface area contributed by atoms with E-state index in [4.69, 9.17) is 0 Å². The average molecular weight is 150 g/mol. The Morgan fingerprint density at radius 2 is 2.00 bits per heavy atom. The number of unbranched alkanes of at least 4 members (excludes halogenated alkanes) is 1. The highest BCUT2D eigenvalue weighted by molar-refractivity contribution is 5.07. The van der Waals surface area contributed by atoms with Crippen molar-refractivity contribution in [3.63, 3.8) is 0 Å². The molecule has 1 heterocycles. The highest BCUT2D eigenvalue weighted by Gasteiger charge is 1.97. The van der Waals surface area contributed by atoms with Gasteiger partial charge in [0.05, 0.1) is 11.4 Å². The number of aryl methyl sites for hydroxylation is 2. The first-order valence-corrected chi connectivity index (χ1v) is 4.11. The highest BCUT2D eigenvalue weighted by Crippen LogP contribution is 2.03. The second-order valence-corrected chi connectivity index (χ2v) is 2.69. The minimum atomic E-state index is 1.07. The van der Waals surface area contributed by atoms with Crippen LogP contribution in [0.15, 0.2) is 12.4 Å². The quantitative estimate of drug-likeness (QED) is 0.659. The molecule has 1 aromatic heterocycles. The smallest absolute Gasteiger partial charge is 0.0615 e. The van der Waals surface area contributed by atoms with Gasteiger partial charge in [0.25, 0.3) is 0 Å². The lowest BCUT2D eigenvalue weighted by molar-refractivity contribution is 0.764. The molecule has 60 valence electrons. The van der Waals surface area contributed by atoms with Gasteiger partial charge in [0.15, 0.2) is 0 Å². The van der Waals surface area contributed by atoms with E-state index >= 15 is 0 Å². The summed E-state index contributed by atoms with van der Waals surface area (Å²) in [5.41, 5.74) is 2.22. The van der Waals surface area contributed by atoms with Crippen molar-refractivity contribution in [3.05, 3.63) is 23.8 Å². The third-order valence-corrected chi connectivity index (χ3v) is 1.75. The summed E-state index contributed by atoms with van der Waals surface area (Å²) in [7, 11) is 0. The highest BCUT2D eigenvalue weighted by atomic mass is 14.8. The molecule has 0 amide bonds. The van der Waals surface area contributed by atoms with Crippen LogP contribution < -0.4 is 0 Å². The van der Waals surface area contributed by atoms with Crippen molar-refractivity contribution in [1.82, 2.24) is 9.97 Å². The molecule has 0 aliphatic heterocycles. The molecule has 0 atom stereocenters. The Hall–Kier alpha value is -0.920. The van der Waals surface area contributed by atoms with Crippen LogP contribution in [0.4, 0.5) is 0 Å². The molecular formula is C9H14N2. The first kappa shape index (κ1) is 8.18. The summed E-state index contributed by atoms with van der Waals surface area (Å²) in [6.07, 6.45) is 6.99. The molecule has 0 aliphatic carbocycles. The van der Waals surface area contributed by atoms with Crippen molar-refractivity contribution in [3.8, 4) is 0 Å². The number of hydrogen-bond donors (Lipinski definition) is 0. The van der Waals surface area contributed by atoms with Gasteiger partial charge in [-0.05, 0) is 19.8 Å². The summed E-state index contributed by atoms with van der Waals surface area (Å²) < 4.78 is 0. The second kappa shape index (κ2) is 4.06. The molecule has 2 heteroatoms. The van der Waals surface area contributed by atoms with Crippen LogP contribution in [-0.2, 0) is 6.42 Å². The van der Waals surface area contributed by atoms with Gasteiger partial charge in [0.2, 0.25) is 0 Å². The largest absolute Gasteiger partial charge is 0.258 e. The maximum absolute atomic E-state index is 4.25. The molecule has 0 bridgehead atoms. The second-order valence-electron chi connectivity index (χ2n) is 2.69. The van der Waals surface area contributed by atoms with E-state index in [9.17, 15) is 0 Å². The van der Waals surface area contributed by atoms with E-state index in [-0.39, 0.29) is 0 Å². The Bertz CT molecular complexity index is 221. The van der Waals surface area contributed by atoms with Crippen LogP contribution in [-0.4, -0.2) is 9.97 Å². The Morgan fingerprint density at radius 3 is 2.64 bits per heavy atom. The van der Waals surface area contributed by atoms with Crippen molar-refractivity contribution in [2.24, 2.45) is 0 Å². The van der Waals surface area contributed by atoms with E-state index < -0.39 is 0 Å². The van der Waals surface area contributed by atoms with Gasteiger partial charge in [0.1, 0.15) is 0 Å². The van der Waals surface area contributed by atoms with Gasteiger partial charge in [-0.2, -0.15) is 0 Å². The summed E-state index contributed by atoms with van der Waals surface area (Å²) in [6, 6.07) is 0. The lowest BCUT2D eigenvalue weighted by Gasteiger charge is -2.00. The van der Waals surface area contributed by atoms with Crippen LogP contribution in [0, 0.1) is 6.92 Å². The molecule has 0 aromatic carbocycles. The van der Waals surface area contributed by atoms with E-state index in [0.717, 1.165) is 17.8 Å². The van der Waals surface area contributed by atoms with Gasteiger partial charge in [-0.3, -0.25) is 9.97 Å². The molecule has 2 nitrogen and oxygen atoms in total. The summed E-state index contributed by atoms with van der Waals surface area (Å²) >= 11 is 0. The summed E-state index contributed by atoms with van der Waals surface area (Å²) in [5.74, 6) is 0. The van der Waals surface area contributed by atoms with Crippen LogP contribution in [0.5, 0.6) is 0 Å². The van der Waals surface area contributed by atoms with Gasteiger partial charge in [-0.15, -0.1) is 0 Å². The summed E-state index contributed by atoms with van der Waals surface area (Å²) in [4.78, 5) is 8.42. The topological polar surface area (TPSA) is 25.8 Å². The zero-order valence-electron chi connectivity index (χ0n) is 7.17. The number of rotatable bonds is 3. The van der Waals surface area contributed by atoms with Crippen LogP contribution in [0.2, 0.25) is 0 Å². The van der Waals surface area contributed by atoms with E-state index in [1.165, 1.54) is 12.8 Å². The van der Waals surface area contributed by atoms with Crippen molar-refractivity contribution in [2.45, 2.75) is 33.1 Å². The van der Waals surface area contributed by atoms with Gasteiger partial charge >= 0.3 is 0 Å². The molecule has 0 fully saturated rings. The molecule has 0 saturated carbocycles. The SMILES string of the molecule is CCCCc1nccnc1C. The number of nitrogens with zero attached hydrogens (tertiary/aromatic N) is 2. The van der Waals surface area contributed by atoms with Gasteiger partial charge in [-0.1, -0.05) is 13.3 Å². The fourth-order valence-corrected chi connectivity index (χ4v) is 1.03. The van der Waals surface area contributed by atoms with Gasteiger partial charge in [0, 0.05) is 12.4 Å². The molecule has 0 unspecified atom stereocenters. The minimum Gasteiger partial charge on any atom is -0.258 e. The number of hydrogen-bond acceptors (Lipinski definition) is 2. The molecule has 0 N–H and O–H groups in total. The molecule has 0 saturated heterocycles. The number of aromatic nitrogens is 2. The maximum atomic E-state index is 4.25. The summed E-state index contributed by atoms with van der Waals surface area (Å²) in [6.45, 7) is 4.20. The Balaban J connectivity index is 2.62. The predicted octanol–water partition coefficient (Wildman–Crippen LogP) is 2.13. The zero-order valence-corrected chi connectivity index (χ0v) is 7.17. The molecule has 1 aromatic rings. The molecule has 1 rings (SSSR count).